The molecule has 0 spiro atoms. The van der Waals surface area contributed by atoms with Crippen LogP contribution in [-0.2, 0) is 0 Å². The summed E-state index contributed by atoms with van der Waals surface area (Å²) in [6.45, 7) is 3.84. The Balaban J connectivity index is 2.96. The van der Waals surface area contributed by atoms with Gasteiger partial charge in [-0.2, -0.15) is 0 Å². The van der Waals surface area contributed by atoms with Gasteiger partial charge >= 0.3 is 0 Å². The Bertz CT molecular complexity index is 474. The SMILES string of the molecule is Cc1c(N)cn2c(C)nnc2c1Br. The summed E-state index contributed by atoms with van der Waals surface area (Å²) in [7, 11) is 0. The lowest BCUT2D eigenvalue weighted by molar-refractivity contribution is 1.01. The summed E-state index contributed by atoms with van der Waals surface area (Å²) in [4.78, 5) is 0. The number of nitrogens with zero attached hydrogens (tertiary/aromatic N) is 3. The molecule has 2 rings (SSSR count). The average molecular weight is 241 g/mol. The molecule has 0 saturated carbocycles. The molecule has 13 heavy (non-hydrogen) atoms. The van der Waals surface area contributed by atoms with Gasteiger partial charge in [0.1, 0.15) is 5.82 Å². The molecular weight excluding hydrogens is 232 g/mol. The first-order valence-electron chi connectivity index (χ1n) is 3.87. The quantitative estimate of drug-likeness (QED) is 0.763. The molecule has 0 aromatic carbocycles. The third-order valence-electron chi connectivity index (χ3n) is 2.09. The van der Waals surface area contributed by atoms with Crippen LogP contribution in [-0.4, -0.2) is 14.6 Å². The number of hydrogen-bond acceptors (Lipinski definition) is 3. The van der Waals surface area contributed by atoms with Crippen molar-refractivity contribution in [2.45, 2.75) is 13.8 Å². The maximum absolute atomic E-state index is 5.81. The highest BCUT2D eigenvalue weighted by molar-refractivity contribution is 9.10. The number of nitrogen functional groups attached to an aromatic ring is 1. The summed E-state index contributed by atoms with van der Waals surface area (Å²) in [6.07, 6.45) is 1.84. The largest absolute Gasteiger partial charge is 0.397 e. The van der Waals surface area contributed by atoms with Crippen molar-refractivity contribution in [1.82, 2.24) is 14.6 Å². The number of nitrogens with two attached hydrogens (primary N) is 1. The molecule has 0 aliphatic carbocycles. The Labute approximate surface area is 83.9 Å². The van der Waals surface area contributed by atoms with E-state index < -0.39 is 0 Å². The van der Waals surface area contributed by atoms with Gasteiger partial charge in [-0.25, -0.2) is 0 Å². The third kappa shape index (κ3) is 1.11. The number of aromatic nitrogens is 3. The predicted molar refractivity (Wildman–Crippen MR) is 54.6 cm³/mol. The second-order valence-corrected chi connectivity index (χ2v) is 3.76. The fourth-order valence-electron chi connectivity index (χ4n) is 1.20. The Morgan fingerprint density at radius 3 is 2.77 bits per heavy atom. The number of halogens is 1. The molecule has 2 aromatic rings. The lowest BCUT2D eigenvalue weighted by Crippen LogP contribution is -1.97. The minimum Gasteiger partial charge on any atom is -0.397 e. The van der Waals surface area contributed by atoms with Crippen LogP contribution in [0, 0.1) is 13.8 Å². The van der Waals surface area contributed by atoms with Gasteiger partial charge in [0.15, 0.2) is 5.65 Å². The number of hydrogen-bond donors (Lipinski definition) is 1. The van der Waals surface area contributed by atoms with Crippen LogP contribution in [0.2, 0.25) is 0 Å². The minimum absolute atomic E-state index is 0.738. The van der Waals surface area contributed by atoms with Gasteiger partial charge in [-0.3, -0.25) is 4.40 Å². The standard InChI is InChI=1S/C8H9BrN4/c1-4-6(10)3-13-5(2)11-12-8(13)7(4)9/h3H,10H2,1-2H3. The van der Waals surface area contributed by atoms with E-state index in [1.807, 2.05) is 24.4 Å². The Hall–Kier alpha value is -1.10. The van der Waals surface area contributed by atoms with E-state index in [-0.39, 0.29) is 0 Å². The Morgan fingerprint density at radius 1 is 1.38 bits per heavy atom. The minimum atomic E-state index is 0.738. The highest BCUT2D eigenvalue weighted by Gasteiger charge is 2.09. The van der Waals surface area contributed by atoms with E-state index in [0.29, 0.717) is 0 Å². The monoisotopic (exact) mass is 240 g/mol. The van der Waals surface area contributed by atoms with Crippen LogP contribution in [0.1, 0.15) is 11.4 Å². The van der Waals surface area contributed by atoms with Crippen LogP contribution in [0.25, 0.3) is 5.65 Å². The van der Waals surface area contributed by atoms with E-state index in [4.69, 9.17) is 5.73 Å². The molecule has 2 heterocycles. The normalized spacial score (nSPS) is 11.0. The van der Waals surface area contributed by atoms with Crippen molar-refractivity contribution in [3.8, 4) is 0 Å². The van der Waals surface area contributed by atoms with Crippen molar-refractivity contribution in [2.75, 3.05) is 5.73 Å². The van der Waals surface area contributed by atoms with E-state index >= 15 is 0 Å². The van der Waals surface area contributed by atoms with Crippen LogP contribution in [0.4, 0.5) is 5.69 Å². The molecule has 2 aromatic heterocycles. The summed E-state index contributed by atoms with van der Waals surface area (Å²) in [5.74, 6) is 0.836. The van der Waals surface area contributed by atoms with Crippen LogP contribution in [0.3, 0.4) is 0 Å². The van der Waals surface area contributed by atoms with Crippen LogP contribution in [0.15, 0.2) is 10.7 Å². The summed E-state index contributed by atoms with van der Waals surface area (Å²) >= 11 is 3.44. The van der Waals surface area contributed by atoms with Gasteiger partial charge in [-0.15, -0.1) is 10.2 Å². The molecule has 0 bridgehead atoms. The van der Waals surface area contributed by atoms with Crippen molar-refractivity contribution in [1.29, 1.82) is 0 Å². The molecule has 0 saturated heterocycles. The molecule has 0 amide bonds. The molecule has 68 valence electrons. The average Bonchev–Trinajstić information content (AvgIpc) is 2.45. The second kappa shape index (κ2) is 2.70. The Morgan fingerprint density at radius 2 is 2.08 bits per heavy atom. The van der Waals surface area contributed by atoms with Crippen LogP contribution < -0.4 is 5.73 Å². The summed E-state index contributed by atoms with van der Waals surface area (Å²) in [5.41, 5.74) is 8.36. The lowest BCUT2D eigenvalue weighted by atomic mass is 10.2. The molecular formula is C8H9BrN4. The maximum Gasteiger partial charge on any atom is 0.175 e. The van der Waals surface area contributed by atoms with Crippen molar-refractivity contribution in [3.63, 3.8) is 0 Å². The number of fused-ring (bicyclic) bond motifs is 1. The van der Waals surface area contributed by atoms with E-state index in [1.54, 1.807) is 0 Å². The van der Waals surface area contributed by atoms with Crippen molar-refractivity contribution >= 4 is 27.3 Å². The van der Waals surface area contributed by atoms with Gasteiger partial charge in [-0.05, 0) is 35.3 Å². The van der Waals surface area contributed by atoms with Gasteiger partial charge in [0, 0.05) is 6.20 Å². The van der Waals surface area contributed by atoms with Crippen LogP contribution >= 0.6 is 15.9 Å². The first kappa shape index (κ1) is 8.50. The molecule has 0 unspecified atom stereocenters. The first-order chi connectivity index (χ1) is 6.11. The van der Waals surface area contributed by atoms with E-state index in [9.17, 15) is 0 Å². The van der Waals surface area contributed by atoms with Gasteiger partial charge in [0.2, 0.25) is 0 Å². The molecule has 0 aliphatic heterocycles. The second-order valence-electron chi connectivity index (χ2n) is 2.96. The molecule has 2 N–H and O–H groups in total. The summed E-state index contributed by atoms with van der Waals surface area (Å²) < 4.78 is 2.78. The van der Waals surface area contributed by atoms with Crippen molar-refractivity contribution < 1.29 is 0 Å². The highest BCUT2D eigenvalue weighted by Crippen LogP contribution is 2.25. The zero-order chi connectivity index (χ0) is 9.59. The molecule has 5 heteroatoms. The van der Waals surface area contributed by atoms with Gasteiger partial charge in [0.05, 0.1) is 10.2 Å². The topological polar surface area (TPSA) is 56.2 Å². The fraction of sp³-hybridized carbons (Fsp3) is 0.250. The number of pyridine rings is 1. The van der Waals surface area contributed by atoms with E-state index in [1.165, 1.54) is 0 Å². The first-order valence-corrected chi connectivity index (χ1v) is 4.66. The Kier molecular flexibility index (Phi) is 1.76. The number of anilines is 1. The highest BCUT2D eigenvalue weighted by atomic mass is 79.9. The summed E-state index contributed by atoms with van der Waals surface area (Å²) in [5, 5.41) is 8.00. The van der Waals surface area contributed by atoms with Gasteiger partial charge in [-0.1, -0.05) is 0 Å². The zero-order valence-electron chi connectivity index (χ0n) is 7.37. The van der Waals surface area contributed by atoms with Crippen molar-refractivity contribution in [3.05, 3.63) is 22.1 Å². The third-order valence-corrected chi connectivity index (χ3v) is 3.04. The van der Waals surface area contributed by atoms with Crippen molar-refractivity contribution in [2.24, 2.45) is 0 Å². The number of rotatable bonds is 0. The number of aryl methyl sites for hydroxylation is 1. The molecule has 4 nitrogen and oxygen atoms in total. The summed E-state index contributed by atoms with van der Waals surface area (Å²) in [6, 6.07) is 0. The van der Waals surface area contributed by atoms with Gasteiger partial charge < -0.3 is 5.73 Å². The van der Waals surface area contributed by atoms with E-state index in [0.717, 1.165) is 27.2 Å². The van der Waals surface area contributed by atoms with Crippen LogP contribution in [0.5, 0.6) is 0 Å². The lowest BCUT2D eigenvalue weighted by Gasteiger charge is -2.04. The van der Waals surface area contributed by atoms with E-state index in [2.05, 4.69) is 26.1 Å². The van der Waals surface area contributed by atoms with Gasteiger partial charge in [0.25, 0.3) is 0 Å². The smallest absolute Gasteiger partial charge is 0.175 e. The zero-order valence-corrected chi connectivity index (χ0v) is 8.96. The maximum atomic E-state index is 5.81. The molecule has 0 radical (unpaired) electrons. The molecule has 0 fully saturated rings. The fourth-order valence-corrected chi connectivity index (χ4v) is 1.70. The predicted octanol–water partition coefficient (Wildman–Crippen LogP) is 1.69. The molecule has 0 atom stereocenters. The molecule has 0 aliphatic rings.